The van der Waals surface area contributed by atoms with Crippen LogP contribution >= 0.6 is 12.4 Å². The number of nitrogens with one attached hydrogen (secondary N) is 1. The summed E-state index contributed by atoms with van der Waals surface area (Å²) in [5.41, 5.74) is 6.19. The molecular formula is C17H18ClN3O5. The zero-order valence-corrected chi connectivity index (χ0v) is 14.6. The first-order valence-corrected chi connectivity index (χ1v) is 8.22. The molecule has 8 nitrogen and oxygen atoms in total. The molecule has 0 bridgehead atoms. The minimum atomic E-state index is -0.959. The van der Waals surface area contributed by atoms with Crippen LogP contribution < -0.4 is 15.8 Å². The Morgan fingerprint density at radius 2 is 1.77 bits per heavy atom. The first-order valence-electron chi connectivity index (χ1n) is 8.22. The Labute approximate surface area is 155 Å². The van der Waals surface area contributed by atoms with E-state index in [1.54, 1.807) is 6.07 Å². The van der Waals surface area contributed by atoms with Gasteiger partial charge in [-0.15, -0.1) is 12.4 Å². The number of amides is 4. The highest BCUT2D eigenvalue weighted by molar-refractivity contribution is 6.23. The first-order chi connectivity index (χ1) is 11.9. The van der Waals surface area contributed by atoms with E-state index in [-0.39, 0.29) is 48.5 Å². The van der Waals surface area contributed by atoms with Gasteiger partial charge in [-0.3, -0.25) is 29.4 Å². The van der Waals surface area contributed by atoms with E-state index in [1.807, 2.05) is 0 Å². The summed E-state index contributed by atoms with van der Waals surface area (Å²) in [6.07, 6.45) is 1.77. The molecule has 1 aromatic carbocycles. The van der Waals surface area contributed by atoms with Crippen LogP contribution in [0.15, 0.2) is 18.2 Å². The van der Waals surface area contributed by atoms with Crippen molar-refractivity contribution in [2.45, 2.75) is 43.9 Å². The molecular weight excluding hydrogens is 362 g/mol. The molecule has 0 radical (unpaired) electrons. The average Bonchev–Trinajstić information content (AvgIpc) is 2.78. The molecule has 2 aliphatic heterocycles. The molecule has 1 saturated heterocycles. The number of carbonyl (C=O) groups excluding carboxylic acids is 4. The minimum absolute atomic E-state index is 0. The quantitative estimate of drug-likeness (QED) is 0.733. The number of nitrogens with zero attached hydrogens (tertiary/aromatic N) is 1. The smallest absolute Gasteiger partial charge is 0.262 e. The van der Waals surface area contributed by atoms with Crippen LogP contribution in [-0.4, -0.2) is 46.7 Å². The van der Waals surface area contributed by atoms with Gasteiger partial charge in [0.15, 0.2) is 0 Å². The normalized spacial score (nSPS) is 27.4. The van der Waals surface area contributed by atoms with E-state index in [1.165, 1.54) is 12.1 Å². The second-order valence-electron chi connectivity index (χ2n) is 6.63. The fourth-order valence-corrected chi connectivity index (χ4v) is 3.42. The highest BCUT2D eigenvalue weighted by Crippen LogP contribution is 2.32. The molecule has 1 aliphatic carbocycles. The van der Waals surface area contributed by atoms with Gasteiger partial charge in [-0.25, -0.2) is 0 Å². The van der Waals surface area contributed by atoms with Crippen LogP contribution in [0.4, 0.5) is 0 Å². The Morgan fingerprint density at radius 1 is 1.08 bits per heavy atom. The fourth-order valence-electron chi connectivity index (χ4n) is 3.42. The number of fused-ring (bicyclic) bond motifs is 1. The van der Waals surface area contributed by atoms with Crippen molar-refractivity contribution < 1.29 is 23.9 Å². The van der Waals surface area contributed by atoms with Gasteiger partial charge in [0.1, 0.15) is 17.9 Å². The molecule has 26 heavy (non-hydrogen) atoms. The van der Waals surface area contributed by atoms with Crippen LogP contribution in [0.25, 0.3) is 0 Å². The molecule has 1 unspecified atom stereocenters. The second-order valence-corrected chi connectivity index (χ2v) is 6.63. The molecule has 1 saturated carbocycles. The third kappa shape index (κ3) is 2.95. The Morgan fingerprint density at radius 3 is 2.42 bits per heavy atom. The van der Waals surface area contributed by atoms with Crippen LogP contribution in [0.1, 0.15) is 46.4 Å². The molecule has 2 fully saturated rings. The van der Waals surface area contributed by atoms with E-state index in [9.17, 15) is 19.2 Å². The van der Waals surface area contributed by atoms with Crippen LogP contribution in [0.5, 0.6) is 5.75 Å². The first kappa shape index (κ1) is 18.3. The highest BCUT2D eigenvalue weighted by Gasteiger charge is 2.44. The molecule has 3 aliphatic rings. The lowest BCUT2D eigenvalue weighted by atomic mass is 9.90. The number of hydrogen-bond acceptors (Lipinski definition) is 6. The zero-order valence-electron chi connectivity index (χ0n) is 13.8. The largest absolute Gasteiger partial charge is 0.490 e. The Bertz CT molecular complexity index is 806. The van der Waals surface area contributed by atoms with Crippen molar-refractivity contribution in [1.29, 1.82) is 0 Å². The fraction of sp³-hybridized carbons (Fsp3) is 0.412. The van der Waals surface area contributed by atoms with E-state index < -0.39 is 29.7 Å². The summed E-state index contributed by atoms with van der Waals surface area (Å²) < 4.78 is 5.76. The van der Waals surface area contributed by atoms with Crippen molar-refractivity contribution in [2.24, 2.45) is 5.73 Å². The van der Waals surface area contributed by atoms with E-state index in [2.05, 4.69) is 5.32 Å². The van der Waals surface area contributed by atoms with Gasteiger partial charge in [0.25, 0.3) is 11.8 Å². The van der Waals surface area contributed by atoms with Crippen molar-refractivity contribution >= 4 is 36.0 Å². The maximum absolute atomic E-state index is 12.7. The number of halogens is 1. The summed E-state index contributed by atoms with van der Waals surface area (Å²) in [6, 6.07) is 3.90. The monoisotopic (exact) mass is 379 g/mol. The van der Waals surface area contributed by atoms with E-state index in [0.717, 1.165) is 17.7 Å². The number of benzene rings is 1. The lowest BCUT2D eigenvalue weighted by Crippen LogP contribution is -2.54. The summed E-state index contributed by atoms with van der Waals surface area (Å²) >= 11 is 0. The Hall–Kier alpha value is -2.45. The molecule has 1 aromatic rings. The number of piperidine rings is 1. The van der Waals surface area contributed by atoms with Gasteiger partial charge in [0, 0.05) is 12.5 Å². The van der Waals surface area contributed by atoms with Crippen LogP contribution in [-0.2, 0) is 9.59 Å². The maximum Gasteiger partial charge on any atom is 0.262 e. The Kier molecular flexibility index (Phi) is 4.72. The van der Waals surface area contributed by atoms with Crippen molar-refractivity contribution in [3.8, 4) is 5.75 Å². The van der Waals surface area contributed by atoms with Gasteiger partial charge in [-0.2, -0.15) is 0 Å². The molecule has 138 valence electrons. The van der Waals surface area contributed by atoms with Crippen LogP contribution in [0, 0.1) is 0 Å². The van der Waals surface area contributed by atoms with E-state index in [4.69, 9.17) is 10.5 Å². The van der Waals surface area contributed by atoms with Gasteiger partial charge in [0.2, 0.25) is 11.8 Å². The number of hydrogen-bond donors (Lipinski definition) is 2. The third-order valence-electron chi connectivity index (χ3n) is 4.85. The van der Waals surface area contributed by atoms with E-state index in [0.29, 0.717) is 5.75 Å². The molecule has 0 spiro atoms. The number of ether oxygens (including phenoxy) is 1. The van der Waals surface area contributed by atoms with Gasteiger partial charge in [0.05, 0.1) is 11.1 Å². The predicted molar refractivity (Wildman–Crippen MR) is 92.0 cm³/mol. The summed E-state index contributed by atoms with van der Waals surface area (Å²) in [4.78, 5) is 49.5. The van der Waals surface area contributed by atoms with E-state index >= 15 is 0 Å². The Balaban J connectivity index is 0.00000196. The van der Waals surface area contributed by atoms with Crippen molar-refractivity contribution in [2.75, 3.05) is 0 Å². The minimum Gasteiger partial charge on any atom is -0.490 e. The van der Waals surface area contributed by atoms with Gasteiger partial charge < -0.3 is 10.5 Å². The summed E-state index contributed by atoms with van der Waals surface area (Å²) in [5.74, 6) is -1.57. The molecule has 4 rings (SSSR count). The second kappa shape index (κ2) is 6.69. The lowest BCUT2D eigenvalue weighted by Gasteiger charge is -2.32. The molecule has 0 aromatic heterocycles. The third-order valence-corrected chi connectivity index (χ3v) is 4.85. The topological polar surface area (TPSA) is 119 Å². The van der Waals surface area contributed by atoms with Crippen molar-refractivity contribution in [3.05, 3.63) is 29.3 Å². The van der Waals surface area contributed by atoms with Crippen LogP contribution in [0.3, 0.4) is 0 Å². The number of imide groups is 2. The highest BCUT2D eigenvalue weighted by atomic mass is 35.5. The van der Waals surface area contributed by atoms with Gasteiger partial charge in [-0.1, -0.05) is 0 Å². The molecule has 1 atom stereocenters. The molecule has 2 heterocycles. The number of rotatable bonds is 3. The SMILES string of the molecule is Cl.NC1CC(Oc2ccc3c(c2)C(=O)N(C2CCC(=O)NC2=O)C3=O)C1. The predicted octanol–water partition coefficient (Wildman–Crippen LogP) is 0.378. The zero-order chi connectivity index (χ0) is 17.7. The van der Waals surface area contributed by atoms with Crippen molar-refractivity contribution in [1.82, 2.24) is 10.2 Å². The summed E-state index contributed by atoms with van der Waals surface area (Å²) in [6.45, 7) is 0. The van der Waals surface area contributed by atoms with Crippen LogP contribution in [0.2, 0.25) is 0 Å². The number of carbonyl (C=O) groups is 4. The molecule has 3 N–H and O–H groups in total. The lowest BCUT2D eigenvalue weighted by molar-refractivity contribution is -0.136. The van der Waals surface area contributed by atoms with Crippen molar-refractivity contribution in [3.63, 3.8) is 0 Å². The summed E-state index contributed by atoms with van der Waals surface area (Å²) in [7, 11) is 0. The molecule has 4 amide bonds. The van der Waals surface area contributed by atoms with Gasteiger partial charge >= 0.3 is 0 Å². The van der Waals surface area contributed by atoms with Gasteiger partial charge in [-0.05, 0) is 37.5 Å². The summed E-state index contributed by atoms with van der Waals surface area (Å²) in [5, 5.41) is 2.17. The standard InChI is InChI=1S/C17H17N3O5.ClH/c18-8-5-10(6-8)25-9-1-2-11-12(7-9)17(24)20(16(11)23)13-3-4-14(21)19-15(13)22;/h1-2,7-8,10,13H,3-6,18H2,(H,19,21,22);1H. The average molecular weight is 380 g/mol. The number of nitrogens with two attached hydrogens (primary N) is 1. The maximum atomic E-state index is 12.7. The molecule has 9 heteroatoms.